The molecule has 0 heterocycles. The van der Waals surface area contributed by atoms with Crippen molar-refractivity contribution in [3.63, 3.8) is 0 Å². The zero-order valence-electron chi connectivity index (χ0n) is 15.5. The Morgan fingerprint density at radius 2 is 1.50 bits per heavy atom. The third-order valence-corrected chi connectivity index (χ3v) is 4.89. The molecule has 0 radical (unpaired) electrons. The third kappa shape index (κ3) is 3.96. The van der Waals surface area contributed by atoms with Crippen molar-refractivity contribution in [3.05, 3.63) is 95.6 Å². The van der Waals surface area contributed by atoms with Gasteiger partial charge in [0.25, 0.3) is 0 Å². The van der Waals surface area contributed by atoms with Crippen molar-refractivity contribution in [2.75, 3.05) is 19.7 Å². The Morgan fingerprint density at radius 1 is 0.893 bits per heavy atom. The molecule has 0 unspecified atom stereocenters. The molecule has 3 aromatic rings. The van der Waals surface area contributed by atoms with Crippen molar-refractivity contribution < 1.29 is 9.53 Å². The highest BCUT2D eigenvalue weighted by Gasteiger charge is 2.28. The first kappa shape index (κ1) is 18.0. The first-order valence-electron chi connectivity index (χ1n) is 9.46. The molecule has 4 rings (SSSR count). The molecule has 0 bridgehead atoms. The van der Waals surface area contributed by atoms with E-state index < -0.39 is 6.09 Å². The van der Waals surface area contributed by atoms with Gasteiger partial charge in [-0.1, -0.05) is 78.9 Å². The van der Waals surface area contributed by atoms with Crippen LogP contribution < -0.4 is 5.32 Å². The molecule has 4 nitrogen and oxygen atoms in total. The second-order valence-electron chi connectivity index (χ2n) is 6.70. The van der Waals surface area contributed by atoms with Crippen LogP contribution in [0.4, 0.5) is 4.79 Å². The molecule has 0 saturated carbocycles. The van der Waals surface area contributed by atoms with Gasteiger partial charge in [0.1, 0.15) is 6.61 Å². The number of hydrogen-bond acceptors (Lipinski definition) is 3. The highest BCUT2D eigenvalue weighted by Crippen LogP contribution is 2.44. The molecule has 1 N–H and O–H groups in total. The lowest BCUT2D eigenvalue weighted by Crippen LogP contribution is -2.28. The molecule has 0 fully saturated rings. The van der Waals surface area contributed by atoms with Gasteiger partial charge in [0.2, 0.25) is 0 Å². The van der Waals surface area contributed by atoms with Crippen LogP contribution in [0.1, 0.15) is 22.6 Å². The summed E-state index contributed by atoms with van der Waals surface area (Å²) >= 11 is 0. The third-order valence-electron chi connectivity index (χ3n) is 4.89. The normalized spacial score (nSPS) is 12.6. The topological polar surface area (TPSA) is 50.7 Å². The van der Waals surface area contributed by atoms with Crippen LogP contribution in [0.25, 0.3) is 11.1 Å². The number of aliphatic imine (C=N–C) groups is 1. The van der Waals surface area contributed by atoms with Gasteiger partial charge in [0.15, 0.2) is 0 Å². The number of carbonyl (C=O) groups is 1. The highest BCUT2D eigenvalue weighted by molar-refractivity contribution is 5.80. The zero-order chi connectivity index (χ0) is 19.2. The number of amides is 1. The van der Waals surface area contributed by atoms with Crippen LogP contribution in [0.2, 0.25) is 0 Å². The van der Waals surface area contributed by atoms with Gasteiger partial charge in [-0.3, -0.25) is 4.99 Å². The Labute approximate surface area is 164 Å². The second-order valence-corrected chi connectivity index (χ2v) is 6.70. The molecule has 0 aliphatic heterocycles. The number of alkyl carbamates (subject to hydrolysis) is 1. The van der Waals surface area contributed by atoms with Crippen LogP contribution in [0.3, 0.4) is 0 Å². The van der Waals surface area contributed by atoms with Crippen LogP contribution in [0.5, 0.6) is 0 Å². The standard InChI is InChI=1S/C24H22N2O2/c27-24(26-15-14-25-16-18-8-2-1-3-9-18)28-17-23-21-12-6-4-10-19(21)20-11-5-7-13-22(20)23/h1-13,16,23H,14-15,17H2,(H,26,27). The molecule has 0 spiro atoms. The Hall–Kier alpha value is -3.40. The molecule has 0 aromatic heterocycles. The summed E-state index contributed by atoms with van der Waals surface area (Å²) in [6.07, 6.45) is 1.40. The lowest BCUT2D eigenvalue weighted by Gasteiger charge is -2.14. The van der Waals surface area contributed by atoms with Crippen molar-refractivity contribution in [1.29, 1.82) is 0 Å². The van der Waals surface area contributed by atoms with Gasteiger partial charge in [-0.05, 0) is 27.8 Å². The van der Waals surface area contributed by atoms with Gasteiger partial charge in [-0.25, -0.2) is 4.79 Å². The zero-order valence-corrected chi connectivity index (χ0v) is 15.5. The van der Waals surface area contributed by atoms with E-state index >= 15 is 0 Å². The number of rotatable bonds is 6. The summed E-state index contributed by atoms with van der Waals surface area (Å²) in [5.41, 5.74) is 5.92. The summed E-state index contributed by atoms with van der Waals surface area (Å²) in [6.45, 7) is 1.28. The molecule has 1 aliphatic rings. The number of hydrogen-bond donors (Lipinski definition) is 1. The molecule has 1 amide bonds. The molecule has 28 heavy (non-hydrogen) atoms. The minimum atomic E-state index is -0.406. The first-order chi connectivity index (χ1) is 13.8. The van der Waals surface area contributed by atoms with Gasteiger partial charge < -0.3 is 10.1 Å². The van der Waals surface area contributed by atoms with Crippen molar-refractivity contribution in [1.82, 2.24) is 5.32 Å². The number of nitrogens with one attached hydrogen (secondary N) is 1. The van der Waals surface area contributed by atoms with E-state index in [-0.39, 0.29) is 5.92 Å². The van der Waals surface area contributed by atoms with Crippen molar-refractivity contribution in [2.45, 2.75) is 5.92 Å². The van der Waals surface area contributed by atoms with E-state index in [1.54, 1.807) is 6.21 Å². The SMILES string of the molecule is O=C(NCCN=Cc1ccccc1)OCC1c2ccccc2-c2ccccc21. The summed E-state index contributed by atoms with van der Waals surface area (Å²) in [5, 5.41) is 2.77. The van der Waals surface area contributed by atoms with E-state index in [0.717, 1.165) is 5.56 Å². The van der Waals surface area contributed by atoms with Crippen molar-refractivity contribution in [2.24, 2.45) is 4.99 Å². The largest absolute Gasteiger partial charge is 0.449 e. The Morgan fingerprint density at radius 3 is 2.18 bits per heavy atom. The quantitative estimate of drug-likeness (QED) is 0.507. The lowest BCUT2D eigenvalue weighted by molar-refractivity contribution is 0.143. The van der Waals surface area contributed by atoms with Crippen LogP contribution in [0, 0.1) is 0 Å². The summed E-state index contributed by atoms with van der Waals surface area (Å²) in [5.74, 6) is 0.0780. The molecule has 1 aliphatic carbocycles. The minimum Gasteiger partial charge on any atom is -0.449 e. The Bertz CT molecular complexity index is 937. The first-order valence-corrected chi connectivity index (χ1v) is 9.46. The number of ether oxygens (including phenoxy) is 1. The molecule has 0 atom stereocenters. The average molecular weight is 370 g/mol. The molecular weight excluding hydrogens is 348 g/mol. The summed E-state index contributed by atoms with van der Waals surface area (Å²) in [6, 6.07) is 26.5. The summed E-state index contributed by atoms with van der Waals surface area (Å²) < 4.78 is 5.50. The van der Waals surface area contributed by atoms with Crippen molar-refractivity contribution in [3.8, 4) is 11.1 Å². The van der Waals surface area contributed by atoms with Crippen LogP contribution in [0.15, 0.2) is 83.9 Å². The molecule has 3 aromatic carbocycles. The number of benzene rings is 3. The molecular formula is C24H22N2O2. The van der Waals surface area contributed by atoms with E-state index in [1.165, 1.54) is 22.3 Å². The predicted octanol–water partition coefficient (Wildman–Crippen LogP) is 4.64. The fourth-order valence-corrected chi connectivity index (χ4v) is 3.58. The predicted molar refractivity (Wildman–Crippen MR) is 112 cm³/mol. The monoisotopic (exact) mass is 370 g/mol. The number of nitrogens with zero attached hydrogens (tertiary/aromatic N) is 1. The summed E-state index contributed by atoms with van der Waals surface area (Å²) in [7, 11) is 0. The van der Waals surface area contributed by atoms with Gasteiger partial charge in [0, 0.05) is 18.7 Å². The molecule has 4 heteroatoms. The van der Waals surface area contributed by atoms with Crippen LogP contribution >= 0.6 is 0 Å². The smallest absolute Gasteiger partial charge is 0.407 e. The molecule has 0 saturated heterocycles. The fraction of sp³-hybridized carbons (Fsp3) is 0.167. The highest BCUT2D eigenvalue weighted by atomic mass is 16.5. The number of carbonyl (C=O) groups excluding carboxylic acids is 1. The molecule has 140 valence electrons. The summed E-state index contributed by atoms with van der Waals surface area (Å²) in [4.78, 5) is 16.4. The van der Waals surface area contributed by atoms with Gasteiger partial charge in [-0.15, -0.1) is 0 Å². The Balaban J connectivity index is 1.29. The van der Waals surface area contributed by atoms with E-state index in [2.05, 4.69) is 34.6 Å². The minimum absolute atomic E-state index is 0.0780. The lowest BCUT2D eigenvalue weighted by atomic mass is 9.98. The maximum atomic E-state index is 12.1. The van der Waals surface area contributed by atoms with Crippen LogP contribution in [-0.2, 0) is 4.74 Å². The van der Waals surface area contributed by atoms with Gasteiger partial charge in [0.05, 0.1) is 6.54 Å². The van der Waals surface area contributed by atoms with E-state index in [1.807, 2.05) is 54.6 Å². The Kier molecular flexibility index (Phi) is 5.48. The van der Waals surface area contributed by atoms with Crippen molar-refractivity contribution >= 4 is 12.3 Å². The van der Waals surface area contributed by atoms with Gasteiger partial charge in [-0.2, -0.15) is 0 Å². The maximum Gasteiger partial charge on any atom is 0.407 e. The second kappa shape index (κ2) is 8.53. The average Bonchev–Trinajstić information content (AvgIpc) is 3.07. The van der Waals surface area contributed by atoms with E-state index in [4.69, 9.17) is 4.74 Å². The number of fused-ring (bicyclic) bond motifs is 3. The fourth-order valence-electron chi connectivity index (χ4n) is 3.58. The van der Waals surface area contributed by atoms with E-state index in [9.17, 15) is 4.79 Å². The maximum absolute atomic E-state index is 12.1. The van der Waals surface area contributed by atoms with E-state index in [0.29, 0.717) is 19.7 Å². The van der Waals surface area contributed by atoms with Crippen LogP contribution in [-0.4, -0.2) is 32.0 Å². The van der Waals surface area contributed by atoms with Gasteiger partial charge >= 0.3 is 6.09 Å².